The van der Waals surface area contributed by atoms with Gasteiger partial charge in [-0.25, -0.2) is 0 Å². The number of amides is 1. The SMILES string of the molecule is CCOc1ccc(CCN(C)C(=O)CCS)cc1. The van der Waals surface area contributed by atoms with Crippen molar-refractivity contribution in [1.82, 2.24) is 4.90 Å². The molecule has 0 saturated heterocycles. The van der Waals surface area contributed by atoms with Crippen LogP contribution in [0.4, 0.5) is 0 Å². The second kappa shape index (κ2) is 8.03. The van der Waals surface area contributed by atoms with Crippen molar-refractivity contribution in [2.24, 2.45) is 0 Å². The normalized spacial score (nSPS) is 10.2. The smallest absolute Gasteiger partial charge is 0.223 e. The van der Waals surface area contributed by atoms with Gasteiger partial charge in [0.15, 0.2) is 0 Å². The standard InChI is InChI=1S/C14H21NO2S/c1-3-17-13-6-4-12(5-7-13)8-10-15(2)14(16)9-11-18/h4-7,18H,3,8-11H2,1-2H3. The van der Waals surface area contributed by atoms with Crippen LogP contribution in [0.25, 0.3) is 0 Å². The van der Waals surface area contributed by atoms with Crippen molar-refractivity contribution < 1.29 is 9.53 Å². The summed E-state index contributed by atoms with van der Waals surface area (Å²) in [5.74, 6) is 1.64. The van der Waals surface area contributed by atoms with Crippen LogP contribution >= 0.6 is 12.6 Å². The molecule has 3 nitrogen and oxygen atoms in total. The highest BCUT2D eigenvalue weighted by Gasteiger charge is 2.07. The first-order valence-electron chi connectivity index (χ1n) is 6.24. The summed E-state index contributed by atoms with van der Waals surface area (Å²) in [6.45, 7) is 3.39. The molecular weight excluding hydrogens is 246 g/mol. The molecule has 4 heteroatoms. The summed E-state index contributed by atoms with van der Waals surface area (Å²) in [6, 6.07) is 8.02. The first-order valence-corrected chi connectivity index (χ1v) is 6.87. The largest absolute Gasteiger partial charge is 0.494 e. The molecule has 0 aliphatic rings. The van der Waals surface area contributed by atoms with Gasteiger partial charge >= 0.3 is 0 Å². The molecule has 0 heterocycles. The maximum absolute atomic E-state index is 11.6. The van der Waals surface area contributed by atoms with Crippen LogP contribution in [-0.2, 0) is 11.2 Å². The molecule has 0 aromatic heterocycles. The van der Waals surface area contributed by atoms with E-state index in [9.17, 15) is 4.79 Å². The quantitative estimate of drug-likeness (QED) is 0.769. The van der Waals surface area contributed by atoms with E-state index in [4.69, 9.17) is 4.74 Å². The van der Waals surface area contributed by atoms with E-state index in [-0.39, 0.29) is 5.91 Å². The summed E-state index contributed by atoms with van der Waals surface area (Å²) < 4.78 is 5.38. The van der Waals surface area contributed by atoms with Gasteiger partial charge in [0.05, 0.1) is 6.61 Å². The molecule has 0 fully saturated rings. The van der Waals surface area contributed by atoms with Gasteiger partial charge < -0.3 is 9.64 Å². The number of benzene rings is 1. The fourth-order valence-corrected chi connectivity index (χ4v) is 1.82. The highest BCUT2D eigenvalue weighted by atomic mass is 32.1. The van der Waals surface area contributed by atoms with Crippen LogP contribution in [-0.4, -0.2) is 36.8 Å². The Labute approximate surface area is 115 Å². The molecule has 0 N–H and O–H groups in total. The highest BCUT2D eigenvalue weighted by Crippen LogP contribution is 2.12. The number of thiol groups is 1. The molecule has 0 atom stereocenters. The Hall–Kier alpha value is -1.16. The minimum Gasteiger partial charge on any atom is -0.494 e. The van der Waals surface area contributed by atoms with E-state index >= 15 is 0 Å². The molecule has 0 spiro atoms. The number of carbonyl (C=O) groups excluding carboxylic acids is 1. The van der Waals surface area contributed by atoms with Crippen LogP contribution in [0.15, 0.2) is 24.3 Å². The molecule has 1 aromatic carbocycles. The first-order chi connectivity index (χ1) is 8.67. The maximum atomic E-state index is 11.6. The molecular formula is C14H21NO2S. The molecule has 1 aromatic rings. The van der Waals surface area contributed by atoms with Crippen LogP contribution in [0, 0.1) is 0 Å². The number of nitrogens with zero attached hydrogens (tertiary/aromatic N) is 1. The Morgan fingerprint density at radius 3 is 2.56 bits per heavy atom. The Morgan fingerprint density at radius 1 is 1.33 bits per heavy atom. The van der Waals surface area contributed by atoms with Crippen molar-refractivity contribution in [3.05, 3.63) is 29.8 Å². The number of hydrogen-bond acceptors (Lipinski definition) is 3. The van der Waals surface area contributed by atoms with Crippen LogP contribution in [0.5, 0.6) is 5.75 Å². The third-order valence-corrected chi connectivity index (χ3v) is 2.95. The van der Waals surface area contributed by atoms with Gasteiger partial charge in [-0.15, -0.1) is 0 Å². The average molecular weight is 267 g/mol. The lowest BCUT2D eigenvalue weighted by molar-refractivity contribution is -0.129. The first kappa shape index (κ1) is 14.9. The Kier molecular flexibility index (Phi) is 6.65. The lowest BCUT2D eigenvalue weighted by atomic mass is 10.1. The summed E-state index contributed by atoms with van der Waals surface area (Å²) in [5, 5.41) is 0. The molecule has 0 unspecified atom stereocenters. The van der Waals surface area contributed by atoms with Crippen LogP contribution in [0.1, 0.15) is 18.9 Å². The minimum atomic E-state index is 0.149. The average Bonchev–Trinajstić information content (AvgIpc) is 2.38. The third-order valence-electron chi connectivity index (χ3n) is 2.72. The molecule has 0 radical (unpaired) electrons. The van der Waals surface area contributed by atoms with E-state index in [0.29, 0.717) is 18.8 Å². The van der Waals surface area contributed by atoms with Crippen molar-refractivity contribution >= 4 is 18.5 Å². The molecule has 18 heavy (non-hydrogen) atoms. The van der Waals surface area contributed by atoms with Gasteiger partial charge in [0.25, 0.3) is 0 Å². The van der Waals surface area contributed by atoms with Crippen molar-refractivity contribution in [2.45, 2.75) is 19.8 Å². The number of carbonyl (C=O) groups is 1. The minimum absolute atomic E-state index is 0.149. The van der Waals surface area contributed by atoms with Gasteiger partial charge in [-0.1, -0.05) is 12.1 Å². The molecule has 0 saturated carbocycles. The number of hydrogen-bond donors (Lipinski definition) is 1. The predicted molar refractivity (Wildman–Crippen MR) is 77.4 cm³/mol. The lowest BCUT2D eigenvalue weighted by Crippen LogP contribution is -2.28. The second-order valence-corrected chi connectivity index (χ2v) is 4.56. The Balaban J connectivity index is 2.41. The zero-order valence-electron chi connectivity index (χ0n) is 11.1. The molecule has 0 aliphatic heterocycles. The van der Waals surface area contributed by atoms with E-state index < -0.39 is 0 Å². The van der Waals surface area contributed by atoms with Crippen LogP contribution < -0.4 is 4.74 Å². The van der Waals surface area contributed by atoms with E-state index in [0.717, 1.165) is 18.7 Å². The van der Waals surface area contributed by atoms with E-state index in [2.05, 4.69) is 12.6 Å². The fourth-order valence-electron chi connectivity index (χ4n) is 1.63. The maximum Gasteiger partial charge on any atom is 0.223 e. The van der Waals surface area contributed by atoms with Gasteiger partial charge in [0.2, 0.25) is 5.91 Å². The van der Waals surface area contributed by atoms with E-state index in [1.807, 2.05) is 38.2 Å². The molecule has 1 rings (SSSR count). The Bertz CT molecular complexity index is 365. The Morgan fingerprint density at radius 2 is 2.00 bits per heavy atom. The lowest BCUT2D eigenvalue weighted by Gasteiger charge is -2.16. The van der Waals surface area contributed by atoms with Crippen molar-refractivity contribution in [3.63, 3.8) is 0 Å². The van der Waals surface area contributed by atoms with Gasteiger partial charge in [-0.3, -0.25) is 4.79 Å². The van der Waals surface area contributed by atoms with Gasteiger partial charge in [0.1, 0.15) is 5.75 Å². The number of likely N-dealkylation sites (N-methyl/N-ethyl adjacent to an activating group) is 1. The predicted octanol–water partition coefficient (Wildman–Crippen LogP) is 2.41. The topological polar surface area (TPSA) is 29.5 Å². The van der Waals surface area contributed by atoms with E-state index in [1.54, 1.807) is 4.90 Å². The van der Waals surface area contributed by atoms with Crippen molar-refractivity contribution in [1.29, 1.82) is 0 Å². The number of rotatable bonds is 7. The van der Waals surface area contributed by atoms with Gasteiger partial charge in [-0.2, -0.15) is 12.6 Å². The highest BCUT2D eigenvalue weighted by molar-refractivity contribution is 7.80. The second-order valence-electron chi connectivity index (χ2n) is 4.12. The zero-order valence-corrected chi connectivity index (χ0v) is 12.0. The molecule has 0 aliphatic carbocycles. The van der Waals surface area contributed by atoms with Gasteiger partial charge in [0, 0.05) is 20.0 Å². The molecule has 100 valence electrons. The monoisotopic (exact) mass is 267 g/mol. The third kappa shape index (κ3) is 5.00. The summed E-state index contributed by atoms with van der Waals surface area (Å²) >= 11 is 4.06. The van der Waals surface area contributed by atoms with Crippen molar-refractivity contribution in [3.8, 4) is 5.75 Å². The summed E-state index contributed by atoms with van der Waals surface area (Å²) in [7, 11) is 1.83. The van der Waals surface area contributed by atoms with Gasteiger partial charge in [-0.05, 0) is 36.8 Å². The molecule has 1 amide bonds. The summed E-state index contributed by atoms with van der Waals surface area (Å²) in [5.41, 5.74) is 1.21. The number of ether oxygens (including phenoxy) is 1. The molecule has 0 bridgehead atoms. The zero-order chi connectivity index (χ0) is 13.4. The fraction of sp³-hybridized carbons (Fsp3) is 0.500. The summed E-state index contributed by atoms with van der Waals surface area (Å²) in [6.07, 6.45) is 1.37. The van der Waals surface area contributed by atoms with Crippen LogP contribution in [0.3, 0.4) is 0 Å². The van der Waals surface area contributed by atoms with E-state index in [1.165, 1.54) is 5.56 Å². The summed E-state index contributed by atoms with van der Waals surface area (Å²) in [4.78, 5) is 13.3. The van der Waals surface area contributed by atoms with Crippen LogP contribution in [0.2, 0.25) is 0 Å². The van der Waals surface area contributed by atoms with Crippen molar-refractivity contribution in [2.75, 3.05) is 26.0 Å².